The number of benzene rings is 3. The Balaban J connectivity index is 1.41. The van der Waals surface area contributed by atoms with Crippen LogP contribution in [0.2, 0.25) is 0 Å². The number of fused-ring (bicyclic) bond motifs is 1. The van der Waals surface area contributed by atoms with Crippen LogP contribution in [0.4, 0.5) is 5.82 Å². The molecule has 6 rings (SSSR count). The number of aliphatic hydroxyl groups is 1. The Morgan fingerprint density at radius 3 is 2.22 bits per heavy atom. The average Bonchev–Trinajstić information content (AvgIpc) is 3.71. The molecule has 3 heterocycles. The van der Waals surface area contributed by atoms with Gasteiger partial charge in [-0.1, -0.05) is 54.6 Å². The summed E-state index contributed by atoms with van der Waals surface area (Å²) in [5, 5.41) is 21.0. The van der Waals surface area contributed by atoms with Crippen LogP contribution in [0.5, 0.6) is 11.5 Å². The highest BCUT2D eigenvalue weighted by molar-refractivity contribution is 7.40. The predicted octanol–water partition coefficient (Wildman–Crippen LogP) is 4.58. The fourth-order valence-corrected chi connectivity index (χ4v) is 6.60. The van der Waals surface area contributed by atoms with Crippen molar-refractivity contribution in [3.05, 3.63) is 108 Å². The average molecular weight is 687 g/mol. The molecule has 1 aliphatic rings. The fraction of sp³-hybridized carbons (Fsp3) is 0.294. The van der Waals surface area contributed by atoms with Gasteiger partial charge < -0.3 is 39.2 Å². The molecule has 3 aromatic carbocycles. The lowest BCUT2D eigenvalue weighted by Crippen LogP contribution is -2.45. The van der Waals surface area contributed by atoms with E-state index in [4.69, 9.17) is 39.0 Å². The van der Waals surface area contributed by atoms with Gasteiger partial charge >= 0.3 is 8.60 Å². The van der Waals surface area contributed by atoms with Gasteiger partial charge in [-0.3, -0.25) is 9.09 Å². The second-order valence-electron chi connectivity index (χ2n) is 11.1. The van der Waals surface area contributed by atoms with Gasteiger partial charge in [-0.25, -0.2) is 15.0 Å². The highest BCUT2D eigenvalue weighted by atomic mass is 31.2. The van der Waals surface area contributed by atoms with Crippen LogP contribution < -0.4 is 15.2 Å². The van der Waals surface area contributed by atoms with Crippen molar-refractivity contribution in [1.29, 1.82) is 5.26 Å². The highest BCUT2D eigenvalue weighted by Gasteiger charge is 2.53. The molecule has 254 valence electrons. The Morgan fingerprint density at radius 1 is 0.980 bits per heavy atom. The Kier molecular flexibility index (Phi) is 10.3. The first-order valence-corrected chi connectivity index (χ1v) is 16.4. The van der Waals surface area contributed by atoms with Crippen LogP contribution in [0.15, 0.2) is 91.5 Å². The number of nitrogens with zero attached hydrogens (tertiary/aromatic N) is 5. The molecule has 4 atom stereocenters. The number of rotatable bonds is 14. The van der Waals surface area contributed by atoms with Crippen molar-refractivity contribution in [2.45, 2.75) is 36.6 Å². The van der Waals surface area contributed by atoms with Crippen LogP contribution in [-0.4, -0.2) is 68.8 Å². The maximum Gasteiger partial charge on any atom is 0.332 e. The van der Waals surface area contributed by atoms with Gasteiger partial charge in [-0.05, 0) is 41.0 Å². The van der Waals surface area contributed by atoms with Crippen LogP contribution in [0.1, 0.15) is 35.8 Å². The summed E-state index contributed by atoms with van der Waals surface area (Å²) in [7, 11) is 0.579. The number of hydrogen-bond donors (Lipinski definition) is 3. The van der Waals surface area contributed by atoms with Crippen molar-refractivity contribution >= 4 is 25.6 Å². The molecule has 2 aromatic heterocycles. The number of nitrogen functional groups attached to an aromatic ring is 1. The van der Waals surface area contributed by atoms with Crippen molar-refractivity contribution in [2.24, 2.45) is 0 Å². The number of nitrogens with two attached hydrogens (primary N) is 1. The number of imidazole rings is 1. The van der Waals surface area contributed by atoms with Gasteiger partial charge in [-0.2, -0.15) is 5.26 Å². The number of methoxy groups -OCH3 is 2. The normalized spacial score (nSPS) is 19.8. The SMILES string of the molecule is COc1ccc(C(OC[C@H]2O[C@@H](n3cnc4c(N)ncnc43)C[C@@]2(O)OP(O)OCCC#N)(c2ccccc2)c2ccc(OC)cc2)cc1. The van der Waals surface area contributed by atoms with Gasteiger partial charge in [0.25, 0.3) is 0 Å². The summed E-state index contributed by atoms with van der Waals surface area (Å²) < 4.78 is 37.0. The molecule has 1 fully saturated rings. The summed E-state index contributed by atoms with van der Waals surface area (Å²) in [5.74, 6) is -0.607. The Hall–Kier alpha value is -4.71. The van der Waals surface area contributed by atoms with Gasteiger partial charge in [0.05, 0.1) is 52.7 Å². The zero-order valence-electron chi connectivity index (χ0n) is 26.7. The van der Waals surface area contributed by atoms with Crippen LogP contribution >= 0.6 is 8.60 Å². The molecule has 5 aromatic rings. The van der Waals surface area contributed by atoms with Crippen LogP contribution in [0.3, 0.4) is 0 Å². The Morgan fingerprint density at radius 2 is 1.61 bits per heavy atom. The first-order chi connectivity index (χ1) is 23.8. The molecular weight excluding hydrogens is 651 g/mol. The number of ether oxygens (including phenoxy) is 4. The molecule has 0 saturated carbocycles. The third-order valence-corrected chi connectivity index (χ3v) is 9.14. The van der Waals surface area contributed by atoms with Crippen molar-refractivity contribution in [2.75, 3.05) is 33.2 Å². The summed E-state index contributed by atoms with van der Waals surface area (Å²) in [4.78, 5) is 23.3. The third kappa shape index (κ3) is 6.92. The molecule has 0 radical (unpaired) electrons. The van der Waals surface area contributed by atoms with Gasteiger partial charge in [0, 0.05) is 0 Å². The second kappa shape index (κ2) is 14.8. The molecule has 49 heavy (non-hydrogen) atoms. The lowest BCUT2D eigenvalue weighted by Gasteiger charge is -2.38. The van der Waals surface area contributed by atoms with Gasteiger partial charge in [-0.15, -0.1) is 0 Å². The minimum Gasteiger partial charge on any atom is -0.497 e. The third-order valence-electron chi connectivity index (χ3n) is 8.27. The zero-order chi connectivity index (χ0) is 34.4. The summed E-state index contributed by atoms with van der Waals surface area (Å²) in [6, 6.07) is 26.6. The topological polar surface area (TPSA) is 189 Å². The van der Waals surface area contributed by atoms with Gasteiger partial charge in [0.15, 0.2) is 11.5 Å². The highest BCUT2D eigenvalue weighted by Crippen LogP contribution is 2.49. The maximum atomic E-state index is 12.1. The predicted molar refractivity (Wildman–Crippen MR) is 178 cm³/mol. The molecule has 15 heteroatoms. The monoisotopic (exact) mass is 686 g/mol. The van der Waals surface area contributed by atoms with E-state index in [0.717, 1.165) is 16.7 Å². The Labute approximate surface area is 283 Å². The van der Waals surface area contributed by atoms with E-state index in [1.54, 1.807) is 18.8 Å². The van der Waals surface area contributed by atoms with Crippen molar-refractivity contribution in [1.82, 2.24) is 19.5 Å². The molecule has 0 aliphatic carbocycles. The largest absolute Gasteiger partial charge is 0.497 e. The summed E-state index contributed by atoms with van der Waals surface area (Å²) in [6.45, 7) is -0.320. The molecule has 0 bridgehead atoms. The number of aromatic nitrogens is 4. The lowest BCUT2D eigenvalue weighted by atomic mass is 9.80. The quantitative estimate of drug-likeness (QED) is 0.0638. The minimum atomic E-state index is -2.61. The van der Waals surface area contributed by atoms with Gasteiger partial charge in [0.2, 0.25) is 5.79 Å². The van der Waals surface area contributed by atoms with Crippen LogP contribution in [-0.2, 0) is 24.1 Å². The van der Waals surface area contributed by atoms with E-state index < -0.39 is 32.3 Å². The van der Waals surface area contributed by atoms with Crippen LogP contribution in [0.25, 0.3) is 11.2 Å². The zero-order valence-corrected chi connectivity index (χ0v) is 27.6. The van der Waals surface area contributed by atoms with E-state index in [-0.39, 0.29) is 31.9 Å². The first kappa shape index (κ1) is 34.2. The standard InChI is InChI=1S/C34H35N6O8P/c1-43-26-13-9-24(10-14-26)34(23-7-4-3-5-8-23,25-11-15-27(44-2)16-12-25)45-20-28-33(41,48-49(42)46-18-6-17-35)19-29(47-28)40-22-39-30-31(36)37-21-38-32(30)40/h3-5,7-16,21-22,28-29,41-42H,6,18-20H2,1-2H3,(H2,36,37,38)/t28-,29-,33-,49?/m1/s1. The molecular formula is C34H35N6O8P. The van der Waals surface area contributed by atoms with E-state index in [0.29, 0.717) is 22.7 Å². The lowest BCUT2D eigenvalue weighted by molar-refractivity contribution is -0.201. The van der Waals surface area contributed by atoms with Crippen molar-refractivity contribution in [3.8, 4) is 17.6 Å². The molecule has 14 nitrogen and oxygen atoms in total. The molecule has 0 amide bonds. The minimum absolute atomic E-state index is 0.0261. The maximum absolute atomic E-state index is 12.1. The van der Waals surface area contributed by atoms with E-state index in [1.807, 2.05) is 84.9 Å². The molecule has 4 N–H and O–H groups in total. The van der Waals surface area contributed by atoms with Crippen molar-refractivity contribution < 1.29 is 38.0 Å². The fourth-order valence-electron chi connectivity index (χ4n) is 5.84. The summed E-state index contributed by atoms with van der Waals surface area (Å²) in [5.41, 5.74) is 7.85. The molecule has 1 aliphatic heterocycles. The van der Waals surface area contributed by atoms with E-state index in [2.05, 4.69) is 15.0 Å². The number of nitriles is 1. The van der Waals surface area contributed by atoms with E-state index in [9.17, 15) is 10.00 Å². The van der Waals surface area contributed by atoms with Gasteiger partial charge in [0.1, 0.15) is 41.3 Å². The summed E-state index contributed by atoms with van der Waals surface area (Å²) in [6.07, 6.45) is 0.609. The van der Waals surface area contributed by atoms with Crippen molar-refractivity contribution in [3.63, 3.8) is 0 Å². The van der Waals surface area contributed by atoms with Crippen LogP contribution in [0, 0.1) is 11.3 Å². The van der Waals surface area contributed by atoms with E-state index >= 15 is 0 Å². The molecule has 0 spiro atoms. The molecule has 1 unspecified atom stereocenters. The number of anilines is 1. The second-order valence-corrected chi connectivity index (χ2v) is 12.0. The first-order valence-electron chi connectivity index (χ1n) is 15.3. The Bertz CT molecular complexity index is 1840. The number of hydrogen-bond acceptors (Lipinski definition) is 13. The summed E-state index contributed by atoms with van der Waals surface area (Å²) >= 11 is 0. The van der Waals surface area contributed by atoms with E-state index in [1.165, 1.54) is 12.7 Å². The molecule has 1 saturated heterocycles. The smallest absolute Gasteiger partial charge is 0.332 e.